The molecule has 0 bridgehead atoms. The van der Waals surface area contributed by atoms with Gasteiger partial charge >= 0.3 is 39.5 Å². The summed E-state index contributed by atoms with van der Waals surface area (Å²) in [6.45, 7) is 9.69. The average Bonchev–Trinajstić information content (AvgIpc) is 1.03. The van der Waals surface area contributed by atoms with E-state index < -0.39 is 97.5 Å². The lowest BCUT2D eigenvalue weighted by Gasteiger charge is -2.21. The van der Waals surface area contributed by atoms with Crippen molar-refractivity contribution in [3.63, 3.8) is 0 Å². The molecule has 0 aromatic heterocycles. The maximum atomic E-state index is 13.1. The first-order chi connectivity index (χ1) is 49.4. The van der Waals surface area contributed by atoms with Gasteiger partial charge in [-0.15, -0.1) is 0 Å². The Kier molecular flexibility index (Phi) is 73.1. The molecule has 3 unspecified atom stereocenters. The largest absolute Gasteiger partial charge is 0.472 e. The summed E-state index contributed by atoms with van der Waals surface area (Å²) in [6, 6.07) is 0. The Morgan fingerprint density at radius 1 is 0.284 bits per heavy atom. The van der Waals surface area contributed by atoms with Crippen molar-refractivity contribution in [1.82, 2.24) is 0 Å². The molecule has 0 fully saturated rings. The number of phosphoric ester groups is 2. The molecule has 0 saturated heterocycles. The summed E-state index contributed by atoms with van der Waals surface area (Å²) < 4.78 is 68.7. The van der Waals surface area contributed by atoms with Gasteiger partial charge in [0, 0.05) is 25.7 Å². The van der Waals surface area contributed by atoms with Crippen LogP contribution in [0.2, 0.25) is 0 Å². The van der Waals surface area contributed by atoms with Crippen molar-refractivity contribution in [3.05, 3.63) is 0 Å². The SMILES string of the molecule is CCCCCCCCCCCCCCCCCCCCCCC(=O)O[C@H](COC(=O)CCCCCCCCCCCCCCCCCCC(C)C)COP(=O)(O)OC[C@@H](O)COP(=O)(O)OC[C@@H](COC(=O)CCCCCCCCCCC)OC(=O)CCCCCCCCCCCCC(C)CC. The molecule has 6 atom stereocenters. The summed E-state index contributed by atoms with van der Waals surface area (Å²) in [5.74, 6) is -0.492. The van der Waals surface area contributed by atoms with Crippen molar-refractivity contribution in [1.29, 1.82) is 0 Å². The molecule has 0 amide bonds. The van der Waals surface area contributed by atoms with Crippen LogP contribution in [0.1, 0.15) is 440 Å². The molecule has 0 aliphatic carbocycles. The summed E-state index contributed by atoms with van der Waals surface area (Å²) in [6.07, 6.45) is 65.2. The molecule has 0 aromatic rings. The normalized spacial score (nSPS) is 14.1. The zero-order valence-corrected chi connectivity index (χ0v) is 68.7. The third kappa shape index (κ3) is 74.9. The molecule has 17 nitrogen and oxygen atoms in total. The van der Waals surface area contributed by atoms with E-state index in [0.717, 1.165) is 102 Å². The summed E-state index contributed by atoms with van der Waals surface area (Å²) in [7, 11) is -9.92. The highest BCUT2D eigenvalue weighted by molar-refractivity contribution is 7.47. The molecular weight excluding hydrogens is 1330 g/mol. The van der Waals surface area contributed by atoms with Gasteiger partial charge in [0.05, 0.1) is 26.4 Å². The van der Waals surface area contributed by atoms with Gasteiger partial charge < -0.3 is 33.8 Å². The van der Waals surface area contributed by atoms with Crippen LogP contribution in [0.3, 0.4) is 0 Å². The van der Waals surface area contributed by atoms with E-state index in [1.54, 1.807) is 0 Å². The number of aliphatic hydroxyl groups is 1. The van der Waals surface area contributed by atoms with Gasteiger partial charge in [-0.2, -0.15) is 0 Å². The standard InChI is InChI=1S/C83H162O17P2/c1-7-10-12-14-16-18-19-20-21-22-23-24-25-30-33-36-43-49-55-61-67-82(87)99-79(72-94-81(86)66-60-54-48-42-35-32-29-27-26-28-31-34-40-45-51-57-63-75(4)5)74-98-102(91,92)96-70-77(84)69-95-101(89,90)97-73-78(71-93-80(85)65-59-53-47-39-17-15-13-11-8-2)100-83(88)68-62-56-50-44-38-37-41-46-52-58-64-76(6)9-3/h75-79,84H,7-74H2,1-6H3,(H,89,90)(H,91,92)/t76?,77-,78+,79+/m0/s1. The number of phosphoric acid groups is 2. The van der Waals surface area contributed by atoms with E-state index in [1.807, 2.05) is 0 Å². The van der Waals surface area contributed by atoms with Gasteiger partial charge in [0.1, 0.15) is 19.3 Å². The Bertz CT molecular complexity index is 1960. The van der Waals surface area contributed by atoms with Crippen molar-refractivity contribution in [2.24, 2.45) is 11.8 Å². The minimum absolute atomic E-state index is 0.107. The van der Waals surface area contributed by atoms with E-state index in [0.29, 0.717) is 25.7 Å². The van der Waals surface area contributed by atoms with Crippen molar-refractivity contribution >= 4 is 39.5 Å². The topological polar surface area (TPSA) is 237 Å². The third-order valence-corrected chi connectivity index (χ3v) is 21.7. The number of unbranched alkanes of at least 4 members (excludes halogenated alkanes) is 51. The third-order valence-electron chi connectivity index (χ3n) is 19.8. The summed E-state index contributed by atoms with van der Waals surface area (Å²) in [5, 5.41) is 10.6. The molecule has 0 aromatic carbocycles. The molecule has 0 heterocycles. The molecule has 102 heavy (non-hydrogen) atoms. The van der Waals surface area contributed by atoms with Gasteiger partial charge in [-0.1, -0.05) is 388 Å². The van der Waals surface area contributed by atoms with Crippen LogP contribution in [0.4, 0.5) is 0 Å². The van der Waals surface area contributed by atoms with E-state index in [9.17, 15) is 43.2 Å². The van der Waals surface area contributed by atoms with E-state index in [1.165, 1.54) is 257 Å². The average molecular weight is 1490 g/mol. The fraction of sp³-hybridized carbons (Fsp3) is 0.952. The molecule has 0 radical (unpaired) electrons. The predicted octanol–water partition coefficient (Wildman–Crippen LogP) is 25.1. The lowest BCUT2D eigenvalue weighted by Crippen LogP contribution is -2.30. The second kappa shape index (κ2) is 74.5. The molecule has 606 valence electrons. The maximum absolute atomic E-state index is 13.1. The number of hydrogen-bond acceptors (Lipinski definition) is 15. The first-order valence-corrected chi connectivity index (χ1v) is 46.0. The van der Waals surface area contributed by atoms with E-state index in [-0.39, 0.29) is 25.7 Å². The van der Waals surface area contributed by atoms with Crippen LogP contribution >= 0.6 is 15.6 Å². The lowest BCUT2D eigenvalue weighted by atomic mass is 9.99. The van der Waals surface area contributed by atoms with Crippen LogP contribution in [-0.4, -0.2) is 96.7 Å². The van der Waals surface area contributed by atoms with Gasteiger partial charge in [0.2, 0.25) is 0 Å². The lowest BCUT2D eigenvalue weighted by molar-refractivity contribution is -0.161. The summed E-state index contributed by atoms with van der Waals surface area (Å²) in [5.41, 5.74) is 0. The molecule has 3 N–H and O–H groups in total. The Labute approximate surface area is 626 Å². The molecule has 0 saturated carbocycles. The number of hydrogen-bond donors (Lipinski definition) is 3. The Morgan fingerprint density at radius 3 is 0.745 bits per heavy atom. The first-order valence-electron chi connectivity index (χ1n) is 43.0. The monoisotopic (exact) mass is 1490 g/mol. The van der Waals surface area contributed by atoms with Crippen LogP contribution in [-0.2, 0) is 65.4 Å². The van der Waals surface area contributed by atoms with E-state index in [4.69, 9.17) is 37.0 Å². The van der Waals surface area contributed by atoms with Gasteiger partial charge in [0.15, 0.2) is 12.2 Å². The second-order valence-electron chi connectivity index (χ2n) is 30.6. The minimum Gasteiger partial charge on any atom is -0.462 e. The van der Waals surface area contributed by atoms with Crippen LogP contribution < -0.4 is 0 Å². The minimum atomic E-state index is -4.96. The highest BCUT2D eigenvalue weighted by Crippen LogP contribution is 2.45. The number of carbonyl (C=O) groups is 4. The van der Waals surface area contributed by atoms with Crippen molar-refractivity contribution in [2.45, 2.75) is 458 Å². The zero-order chi connectivity index (χ0) is 74.9. The zero-order valence-electron chi connectivity index (χ0n) is 66.9. The Balaban J connectivity index is 5.21. The smallest absolute Gasteiger partial charge is 0.462 e. The number of rotatable bonds is 82. The van der Waals surface area contributed by atoms with Gasteiger partial charge in [-0.05, 0) is 37.5 Å². The Hall–Kier alpha value is -1.94. The fourth-order valence-corrected chi connectivity index (χ4v) is 14.4. The summed E-state index contributed by atoms with van der Waals surface area (Å²) in [4.78, 5) is 73.0. The van der Waals surface area contributed by atoms with E-state index in [2.05, 4.69) is 41.5 Å². The quantitative estimate of drug-likeness (QED) is 0.0222. The number of carbonyl (C=O) groups excluding carboxylic acids is 4. The van der Waals surface area contributed by atoms with Crippen LogP contribution in [0, 0.1) is 11.8 Å². The number of ether oxygens (including phenoxy) is 4. The van der Waals surface area contributed by atoms with Gasteiger partial charge in [0.25, 0.3) is 0 Å². The second-order valence-corrected chi connectivity index (χ2v) is 33.5. The molecule has 0 spiro atoms. The number of esters is 4. The summed E-state index contributed by atoms with van der Waals surface area (Å²) >= 11 is 0. The predicted molar refractivity (Wildman–Crippen MR) is 418 cm³/mol. The first kappa shape index (κ1) is 100. The van der Waals surface area contributed by atoms with Gasteiger partial charge in [-0.3, -0.25) is 37.3 Å². The van der Waals surface area contributed by atoms with Crippen LogP contribution in [0.15, 0.2) is 0 Å². The molecule has 19 heteroatoms. The van der Waals surface area contributed by atoms with Crippen molar-refractivity contribution in [2.75, 3.05) is 39.6 Å². The fourth-order valence-electron chi connectivity index (χ4n) is 12.9. The maximum Gasteiger partial charge on any atom is 0.472 e. The van der Waals surface area contributed by atoms with Crippen LogP contribution in [0.5, 0.6) is 0 Å². The highest BCUT2D eigenvalue weighted by atomic mass is 31.2. The van der Waals surface area contributed by atoms with E-state index >= 15 is 0 Å². The number of aliphatic hydroxyl groups excluding tert-OH is 1. The molecule has 0 aliphatic rings. The molecule has 0 rings (SSSR count). The molecular formula is C83H162O17P2. The van der Waals surface area contributed by atoms with Gasteiger partial charge in [-0.25, -0.2) is 9.13 Å². The molecule has 0 aliphatic heterocycles. The van der Waals surface area contributed by atoms with Crippen molar-refractivity contribution < 1.29 is 80.2 Å². The highest BCUT2D eigenvalue weighted by Gasteiger charge is 2.30. The van der Waals surface area contributed by atoms with Crippen molar-refractivity contribution in [3.8, 4) is 0 Å². The Morgan fingerprint density at radius 2 is 0.500 bits per heavy atom. The van der Waals surface area contributed by atoms with Crippen LogP contribution in [0.25, 0.3) is 0 Å².